The maximum absolute atomic E-state index is 5.79. The largest absolute Gasteiger partial charge is 0.300 e. The van der Waals surface area contributed by atoms with Gasteiger partial charge in [-0.2, -0.15) is 0 Å². The monoisotopic (exact) mass is 223 g/mol. The van der Waals surface area contributed by atoms with Crippen LogP contribution in [-0.4, -0.2) is 12.4 Å². The lowest BCUT2D eigenvalue weighted by atomic mass is 10.2. The quantitative estimate of drug-likeness (QED) is 0.757. The predicted molar refractivity (Wildman–Crippen MR) is 64.4 cm³/mol. The van der Waals surface area contributed by atoms with Crippen molar-refractivity contribution >= 4 is 23.1 Å². The fraction of sp³-hybridized carbons (Fsp3) is 0.364. The highest BCUT2D eigenvalue weighted by Crippen LogP contribution is 2.12. The molecular weight excluding hydrogens is 210 g/mol. The molecule has 1 aliphatic rings. The van der Waals surface area contributed by atoms with Crippen LogP contribution in [0.4, 0.5) is 5.69 Å². The van der Waals surface area contributed by atoms with Crippen LogP contribution in [0.1, 0.15) is 19.3 Å². The molecule has 2 rings (SSSR count). The van der Waals surface area contributed by atoms with Crippen molar-refractivity contribution in [3.8, 4) is 0 Å². The van der Waals surface area contributed by atoms with Gasteiger partial charge in [-0.05, 0) is 37.1 Å². The van der Waals surface area contributed by atoms with Gasteiger partial charge in [-0.3, -0.25) is 15.8 Å². The van der Waals surface area contributed by atoms with Crippen molar-refractivity contribution in [3.63, 3.8) is 0 Å². The second kappa shape index (κ2) is 5.03. The highest BCUT2D eigenvalue weighted by atomic mass is 35.5. The fourth-order valence-corrected chi connectivity index (χ4v) is 1.60. The van der Waals surface area contributed by atoms with Crippen LogP contribution in [0.2, 0.25) is 5.02 Å². The number of hydrogen-bond donors (Lipinski definition) is 2. The first-order valence-corrected chi connectivity index (χ1v) is 5.53. The maximum atomic E-state index is 5.79. The summed E-state index contributed by atoms with van der Waals surface area (Å²) >= 11 is 5.79. The van der Waals surface area contributed by atoms with Gasteiger partial charge in [-0.15, -0.1) is 0 Å². The summed E-state index contributed by atoms with van der Waals surface area (Å²) in [5.41, 5.74) is 7.21. The molecule has 1 aromatic rings. The minimum Gasteiger partial charge on any atom is -0.300 e. The van der Waals surface area contributed by atoms with Crippen LogP contribution in [0.15, 0.2) is 29.3 Å². The van der Waals surface area contributed by atoms with Crippen molar-refractivity contribution in [2.75, 3.05) is 12.0 Å². The smallest absolute Gasteiger partial charge is 0.115 e. The Morgan fingerprint density at radius 2 is 1.87 bits per heavy atom. The van der Waals surface area contributed by atoms with Crippen LogP contribution in [0.3, 0.4) is 0 Å². The lowest BCUT2D eigenvalue weighted by Gasteiger charge is -2.15. The topological polar surface area (TPSA) is 36.4 Å². The molecule has 0 saturated carbocycles. The van der Waals surface area contributed by atoms with Gasteiger partial charge in [0, 0.05) is 18.0 Å². The van der Waals surface area contributed by atoms with Gasteiger partial charge in [-0.1, -0.05) is 11.6 Å². The first kappa shape index (κ1) is 10.3. The Morgan fingerprint density at radius 1 is 1.07 bits per heavy atom. The van der Waals surface area contributed by atoms with Crippen molar-refractivity contribution in [1.29, 1.82) is 0 Å². The summed E-state index contributed by atoms with van der Waals surface area (Å²) in [6, 6.07) is 7.57. The molecule has 0 atom stereocenters. The molecule has 1 heterocycles. The molecule has 2 N–H and O–H groups in total. The molecule has 80 valence electrons. The van der Waals surface area contributed by atoms with Crippen LogP contribution in [0, 0.1) is 0 Å². The summed E-state index contributed by atoms with van der Waals surface area (Å²) in [6.07, 6.45) is 3.45. The summed E-state index contributed by atoms with van der Waals surface area (Å²) in [5, 5.41) is 0.746. The van der Waals surface area contributed by atoms with Gasteiger partial charge in [0.1, 0.15) is 5.84 Å². The van der Waals surface area contributed by atoms with E-state index in [9.17, 15) is 0 Å². The molecule has 1 aliphatic heterocycles. The molecule has 0 bridgehead atoms. The molecule has 0 unspecified atom stereocenters. The Balaban J connectivity index is 1.87. The zero-order valence-corrected chi connectivity index (χ0v) is 9.22. The summed E-state index contributed by atoms with van der Waals surface area (Å²) in [4.78, 5) is 4.38. The van der Waals surface area contributed by atoms with Crippen LogP contribution < -0.4 is 10.9 Å². The third kappa shape index (κ3) is 3.13. The van der Waals surface area contributed by atoms with E-state index in [1.807, 2.05) is 24.3 Å². The SMILES string of the molecule is Clc1ccc(NNC2=NCCCC2)cc1. The Bertz CT molecular complexity index is 345. The number of hydrazine groups is 1. The first-order valence-electron chi connectivity index (χ1n) is 5.15. The minimum atomic E-state index is 0.746. The van der Waals surface area contributed by atoms with E-state index < -0.39 is 0 Å². The maximum Gasteiger partial charge on any atom is 0.115 e. The Morgan fingerprint density at radius 3 is 2.53 bits per heavy atom. The summed E-state index contributed by atoms with van der Waals surface area (Å²) in [7, 11) is 0. The van der Waals surface area contributed by atoms with Gasteiger partial charge in [0.2, 0.25) is 0 Å². The number of anilines is 1. The fourth-order valence-electron chi connectivity index (χ4n) is 1.48. The normalized spacial score (nSPS) is 15.7. The Labute approximate surface area is 94.5 Å². The highest BCUT2D eigenvalue weighted by Gasteiger charge is 2.03. The van der Waals surface area contributed by atoms with Gasteiger partial charge in [0.15, 0.2) is 0 Å². The van der Waals surface area contributed by atoms with Crippen LogP contribution in [-0.2, 0) is 0 Å². The van der Waals surface area contributed by atoms with E-state index in [0.29, 0.717) is 0 Å². The predicted octanol–water partition coefficient (Wildman–Crippen LogP) is 2.84. The minimum absolute atomic E-state index is 0.746. The zero-order chi connectivity index (χ0) is 10.5. The van der Waals surface area contributed by atoms with E-state index >= 15 is 0 Å². The number of halogens is 1. The molecule has 0 fully saturated rings. The standard InChI is InChI=1S/C11H14ClN3/c12-9-4-6-10(7-5-9)14-15-11-3-1-2-8-13-11/h4-7,14H,1-3,8H2,(H,13,15). The summed E-state index contributed by atoms with van der Waals surface area (Å²) in [6.45, 7) is 0.935. The number of nitrogens with zero attached hydrogens (tertiary/aromatic N) is 1. The van der Waals surface area contributed by atoms with E-state index in [-0.39, 0.29) is 0 Å². The lowest BCUT2D eigenvalue weighted by molar-refractivity contribution is 0.720. The third-order valence-corrected chi connectivity index (χ3v) is 2.57. The second-order valence-electron chi connectivity index (χ2n) is 3.54. The molecule has 4 heteroatoms. The average Bonchev–Trinajstić information content (AvgIpc) is 2.30. The molecule has 0 saturated heterocycles. The molecule has 0 radical (unpaired) electrons. The van der Waals surface area contributed by atoms with Gasteiger partial charge in [0.25, 0.3) is 0 Å². The van der Waals surface area contributed by atoms with Crippen molar-refractivity contribution in [2.45, 2.75) is 19.3 Å². The van der Waals surface area contributed by atoms with Crippen LogP contribution >= 0.6 is 11.6 Å². The Hall–Kier alpha value is -1.22. The molecular formula is C11H14ClN3. The van der Waals surface area contributed by atoms with Gasteiger partial charge < -0.3 is 0 Å². The van der Waals surface area contributed by atoms with Gasteiger partial charge in [0.05, 0.1) is 5.69 Å². The van der Waals surface area contributed by atoms with Crippen molar-refractivity contribution in [3.05, 3.63) is 29.3 Å². The zero-order valence-electron chi connectivity index (χ0n) is 8.46. The molecule has 1 aromatic carbocycles. The molecule has 0 aliphatic carbocycles. The van der Waals surface area contributed by atoms with E-state index in [2.05, 4.69) is 15.8 Å². The van der Waals surface area contributed by atoms with E-state index in [0.717, 1.165) is 29.5 Å². The molecule has 0 spiro atoms. The van der Waals surface area contributed by atoms with Crippen LogP contribution in [0.25, 0.3) is 0 Å². The van der Waals surface area contributed by atoms with E-state index in [1.165, 1.54) is 12.8 Å². The van der Waals surface area contributed by atoms with E-state index in [1.54, 1.807) is 0 Å². The number of rotatable bonds is 2. The van der Waals surface area contributed by atoms with Gasteiger partial charge in [-0.25, -0.2) is 0 Å². The van der Waals surface area contributed by atoms with Crippen molar-refractivity contribution in [1.82, 2.24) is 5.43 Å². The van der Waals surface area contributed by atoms with E-state index in [4.69, 9.17) is 11.6 Å². The molecule has 3 nitrogen and oxygen atoms in total. The highest BCUT2D eigenvalue weighted by molar-refractivity contribution is 6.30. The van der Waals surface area contributed by atoms with Crippen molar-refractivity contribution < 1.29 is 0 Å². The third-order valence-electron chi connectivity index (χ3n) is 2.32. The number of aliphatic imine (C=N–C) groups is 1. The Kier molecular flexibility index (Phi) is 3.45. The second-order valence-corrected chi connectivity index (χ2v) is 3.98. The number of benzene rings is 1. The first-order chi connectivity index (χ1) is 7.34. The van der Waals surface area contributed by atoms with Crippen LogP contribution in [0.5, 0.6) is 0 Å². The number of amidine groups is 1. The van der Waals surface area contributed by atoms with Crippen molar-refractivity contribution in [2.24, 2.45) is 4.99 Å². The molecule has 0 aromatic heterocycles. The number of nitrogens with one attached hydrogen (secondary N) is 2. The summed E-state index contributed by atoms with van der Waals surface area (Å²) < 4.78 is 0. The molecule has 0 amide bonds. The van der Waals surface area contributed by atoms with Gasteiger partial charge >= 0.3 is 0 Å². The summed E-state index contributed by atoms with van der Waals surface area (Å²) in [5.74, 6) is 1.04. The average molecular weight is 224 g/mol. The lowest BCUT2D eigenvalue weighted by Crippen LogP contribution is -2.31. The number of hydrogen-bond acceptors (Lipinski definition) is 3. The molecule has 15 heavy (non-hydrogen) atoms.